The summed E-state index contributed by atoms with van der Waals surface area (Å²) >= 11 is 6.27. The lowest BCUT2D eigenvalue weighted by Crippen LogP contribution is -2.31. The van der Waals surface area contributed by atoms with Crippen LogP contribution in [0.1, 0.15) is 61.9 Å². The van der Waals surface area contributed by atoms with Crippen LogP contribution in [0, 0.1) is 0 Å². The van der Waals surface area contributed by atoms with Crippen molar-refractivity contribution in [2.45, 2.75) is 56.8 Å². The zero-order valence-electron chi connectivity index (χ0n) is 18.4. The maximum absolute atomic E-state index is 14.7. The molecule has 1 aromatic carbocycles. The number of nitrogens with zero attached hydrogens (tertiary/aromatic N) is 2. The Bertz CT molecular complexity index is 985. The van der Waals surface area contributed by atoms with Gasteiger partial charge in [-0.1, -0.05) is 68.3 Å². The third-order valence-corrected chi connectivity index (χ3v) is 6.84. The number of hydrogen-bond acceptors (Lipinski definition) is 3. The number of nitrogens with one attached hydrogen (secondary N) is 1. The Morgan fingerprint density at radius 1 is 1.28 bits per heavy atom. The smallest absolute Gasteiger partial charge is 0.129 e. The summed E-state index contributed by atoms with van der Waals surface area (Å²) in [4.78, 5) is 6.85. The van der Waals surface area contributed by atoms with E-state index in [-0.39, 0.29) is 6.04 Å². The van der Waals surface area contributed by atoms with Crippen molar-refractivity contribution in [2.75, 3.05) is 6.67 Å². The Morgan fingerprint density at radius 3 is 2.84 bits per heavy atom. The predicted octanol–water partition coefficient (Wildman–Crippen LogP) is 7.13. The molecular formula is C27H31ClFN3. The molecule has 4 rings (SSSR count). The molecule has 3 aliphatic rings. The highest BCUT2D eigenvalue weighted by molar-refractivity contribution is 6.31. The SMILES string of the molecule is C=C/C=C\C(=NCNC1CCCCC1)C1=CC(=C)N(C2CC(F)c3c(Cl)cccc32)C=C1. The van der Waals surface area contributed by atoms with E-state index in [0.29, 0.717) is 29.7 Å². The van der Waals surface area contributed by atoms with Crippen LogP contribution in [-0.2, 0) is 0 Å². The molecule has 2 aliphatic carbocycles. The third-order valence-electron chi connectivity index (χ3n) is 6.51. The lowest BCUT2D eigenvalue weighted by atomic mass is 9.96. The number of alkyl halides is 1. The summed E-state index contributed by atoms with van der Waals surface area (Å²) in [7, 11) is 0. The highest BCUT2D eigenvalue weighted by atomic mass is 35.5. The van der Waals surface area contributed by atoms with Gasteiger partial charge >= 0.3 is 0 Å². The summed E-state index contributed by atoms with van der Waals surface area (Å²) in [6.45, 7) is 8.62. The van der Waals surface area contributed by atoms with Crippen LogP contribution in [0.4, 0.5) is 4.39 Å². The second-order valence-corrected chi connectivity index (χ2v) is 9.02. The summed E-state index contributed by atoms with van der Waals surface area (Å²) in [5, 5.41) is 4.06. The van der Waals surface area contributed by atoms with E-state index in [1.165, 1.54) is 32.1 Å². The van der Waals surface area contributed by atoms with Crippen molar-refractivity contribution in [3.8, 4) is 0 Å². The van der Waals surface area contributed by atoms with Crippen LogP contribution < -0.4 is 5.32 Å². The molecule has 0 bridgehead atoms. The molecule has 0 radical (unpaired) electrons. The fourth-order valence-electron chi connectivity index (χ4n) is 4.87. The molecule has 0 spiro atoms. The highest BCUT2D eigenvalue weighted by Gasteiger charge is 2.36. The molecule has 2 atom stereocenters. The molecule has 0 amide bonds. The lowest BCUT2D eigenvalue weighted by Gasteiger charge is -2.31. The van der Waals surface area contributed by atoms with Crippen LogP contribution in [0.5, 0.6) is 0 Å². The Kier molecular flexibility index (Phi) is 7.44. The van der Waals surface area contributed by atoms with Crippen molar-refractivity contribution in [3.63, 3.8) is 0 Å². The number of aliphatic imine (C=N–C) groups is 1. The van der Waals surface area contributed by atoms with Crippen molar-refractivity contribution in [1.29, 1.82) is 0 Å². The van der Waals surface area contributed by atoms with Crippen LogP contribution in [-0.4, -0.2) is 23.3 Å². The first-order valence-electron chi connectivity index (χ1n) is 11.5. The summed E-state index contributed by atoms with van der Waals surface area (Å²) in [5.74, 6) is 0. The molecule has 0 saturated heterocycles. The van der Waals surface area contributed by atoms with Crippen LogP contribution in [0.3, 0.4) is 0 Å². The maximum Gasteiger partial charge on any atom is 0.129 e. The Labute approximate surface area is 195 Å². The van der Waals surface area contributed by atoms with E-state index in [1.54, 1.807) is 12.1 Å². The third kappa shape index (κ3) is 4.97. The molecule has 168 valence electrons. The summed E-state index contributed by atoms with van der Waals surface area (Å²) in [6.07, 6.45) is 17.3. The van der Waals surface area contributed by atoms with Crippen LogP contribution >= 0.6 is 11.6 Å². The van der Waals surface area contributed by atoms with E-state index < -0.39 is 6.17 Å². The minimum Gasteiger partial charge on any atom is -0.341 e. The zero-order valence-corrected chi connectivity index (χ0v) is 19.2. The van der Waals surface area contributed by atoms with Crippen LogP contribution in [0.15, 0.2) is 84.2 Å². The monoisotopic (exact) mass is 451 g/mol. The molecule has 1 fully saturated rings. The summed E-state index contributed by atoms with van der Waals surface area (Å²) < 4.78 is 14.7. The largest absolute Gasteiger partial charge is 0.341 e. The molecule has 1 aromatic rings. The van der Waals surface area contributed by atoms with E-state index in [4.69, 9.17) is 16.6 Å². The fraction of sp³-hybridized carbons (Fsp3) is 0.370. The number of allylic oxidation sites excluding steroid dienone is 6. The molecular weight excluding hydrogens is 421 g/mol. The Morgan fingerprint density at radius 2 is 2.09 bits per heavy atom. The van der Waals surface area contributed by atoms with Crippen molar-refractivity contribution in [3.05, 3.63) is 95.4 Å². The maximum atomic E-state index is 14.7. The van der Waals surface area contributed by atoms with Crippen molar-refractivity contribution < 1.29 is 4.39 Å². The van der Waals surface area contributed by atoms with E-state index in [9.17, 15) is 4.39 Å². The van der Waals surface area contributed by atoms with E-state index in [2.05, 4.69) is 18.5 Å². The standard InChI is InChI=1S/C27H31ClFN3/c1-3-4-13-25(31-18-30-21-9-6-5-7-10-21)20-14-15-32(19(2)16-20)26-17-24(29)27-22(26)11-8-12-23(27)28/h3-4,8,11-16,21,24,26,30H,1-2,5-7,9-10,17-18H2/b13-4-,31-25?. The van der Waals surface area contributed by atoms with Gasteiger partial charge in [-0.25, -0.2) is 4.39 Å². The molecule has 2 unspecified atom stereocenters. The molecule has 32 heavy (non-hydrogen) atoms. The first-order valence-corrected chi connectivity index (χ1v) is 11.8. The quantitative estimate of drug-likeness (QED) is 0.352. The van der Waals surface area contributed by atoms with Crippen LogP contribution in [0.2, 0.25) is 5.02 Å². The number of rotatable bonds is 7. The molecule has 0 aromatic heterocycles. The fourth-order valence-corrected chi connectivity index (χ4v) is 5.17. The molecule has 1 heterocycles. The van der Waals surface area contributed by atoms with E-state index in [0.717, 1.165) is 22.5 Å². The van der Waals surface area contributed by atoms with E-state index in [1.807, 2.05) is 47.5 Å². The first-order chi connectivity index (χ1) is 15.6. The molecule has 1 aliphatic heterocycles. The minimum atomic E-state index is -1.06. The normalized spacial score (nSPS) is 24.2. The number of fused-ring (bicyclic) bond motifs is 1. The number of hydrogen-bond donors (Lipinski definition) is 1. The van der Waals surface area contributed by atoms with Gasteiger partial charge in [0.1, 0.15) is 6.17 Å². The van der Waals surface area contributed by atoms with Crippen molar-refractivity contribution >= 4 is 17.3 Å². The molecule has 1 saturated carbocycles. The number of halogens is 2. The van der Waals surface area contributed by atoms with Gasteiger partial charge in [-0.3, -0.25) is 10.3 Å². The molecule has 1 N–H and O–H groups in total. The van der Waals surface area contributed by atoms with Gasteiger partial charge in [-0.05, 0) is 42.7 Å². The van der Waals surface area contributed by atoms with Gasteiger partial charge in [0.05, 0.1) is 18.4 Å². The summed E-state index contributed by atoms with van der Waals surface area (Å²) in [5.41, 5.74) is 4.22. The van der Waals surface area contributed by atoms with Gasteiger partial charge in [-0.2, -0.15) is 0 Å². The topological polar surface area (TPSA) is 27.6 Å². The molecule has 5 heteroatoms. The predicted molar refractivity (Wildman–Crippen MR) is 133 cm³/mol. The molecule has 3 nitrogen and oxygen atoms in total. The van der Waals surface area contributed by atoms with Crippen molar-refractivity contribution in [2.24, 2.45) is 4.99 Å². The van der Waals surface area contributed by atoms with Gasteiger partial charge in [0, 0.05) is 40.5 Å². The highest BCUT2D eigenvalue weighted by Crippen LogP contribution is 2.48. The zero-order chi connectivity index (χ0) is 22.5. The van der Waals surface area contributed by atoms with Gasteiger partial charge in [0.25, 0.3) is 0 Å². The van der Waals surface area contributed by atoms with Gasteiger partial charge in [0.2, 0.25) is 0 Å². The van der Waals surface area contributed by atoms with Crippen molar-refractivity contribution in [1.82, 2.24) is 10.2 Å². The van der Waals surface area contributed by atoms with Gasteiger partial charge < -0.3 is 4.90 Å². The average Bonchev–Trinajstić information content (AvgIpc) is 3.14. The summed E-state index contributed by atoms with van der Waals surface area (Å²) in [6, 6.07) is 6.04. The second kappa shape index (κ2) is 10.5. The Balaban J connectivity index is 1.49. The van der Waals surface area contributed by atoms with Gasteiger partial charge in [0.15, 0.2) is 0 Å². The first kappa shape index (κ1) is 22.8. The van der Waals surface area contributed by atoms with E-state index >= 15 is 0 Å². The number of benzene rings is 1. The van der Waals surface area contributed by atoms with Crippen LogP contribution in [0.25, 0.3) is 0 Å². The van der Waals surface area contributed by atoms with Gasteiger partial charge in [-0.15, -0.1) is 0 Å². The Hall–Kier alpha value is -2.43. The second-order valence-electron chi connectivity index (χ2n) is 8.61. The minimum absolute atomic E-state index is 0.114. The lowest BCUT2D eigenvalue weighted by molar-refractivity contribution is 0.267. The average molecular weight is 452 g/mol.